The molecule has 0 saturated carbocycles. The number of hydrogen-bond donors (Lipinski definition) is 0. The third kappa shape index (κ3) is 4.43. The van der Waals surface area contributed by atoms with Crippen LogP contribution in [-0.4, -0.2) is 11.5 Å². The van der Waals surface area contributed by atoms with Crippen LogP contribution in [0.2, 0.25) is 0 Å². The number of fused-ring (bicyclic) bond motifs is 5. The van der Waals surface area contributed by atoms with Crippen LogP contribution in [0, 0.1) is 0 Å². The number of nitrogens with zero attached hydrogens (tertiary/aromatic N) is 2. The quantitative estimate of drug-likeness (QED) is 0.178. The average molecular weight is 651 g/mol. The summed E-state index contributed by atoms with van der Waals surface area (Å²) in [6.45, 7) is 9.85. The van der Waals surface area contributed by atoms with Crippen molar-refractivity contribution < 1.29 is 4.57 Å². The smallest absolute Gasteiger partial charge is 0.172 e. The summed E-state index contributed by atoms with van der Waals surface area (Å²) in [5.74, 6) is 0. The highest BCUT2D eigenvalue weighted by atomic mass is 31.2. The van der Waals surface area contributed by atoms with Gasteiger partial charge in [-0.15, -0.1) is 0 Å². The molecule has 49 heavy (non-hydrogen) atoms. The molecule has 0 N–H and O–H groups in total. The molecular weight excluding hydrogens is 615 g/mol. The van der Waals surface area contributed by atoms with E-state index in [2.05, 4.69) is 115 Å². The second-order valence-corrected chi connectivity index (χ2v) is 16.3. The molecule has 5 aromatic carbocycles. The van der Waals surface area contributed by atoms with E-state index in [1.54, 1.807) is 0 Å². The van der Waals surface area contributed by atoms with Crippen molar-refractivity contribution in [3.63, 3.8) is 0 Å². The van der Waals surface area contributed by atoms with E-state index in [-0.39, 0.29) is 5.41 Å². The van der Waals surface area contributed by atoms with Gasteiger partial charge in [-0.25, -0.2) is 0 Å². The lowest BCUT2D eigenvalue weighted by atomic mass is 9.81. The van der Waals surface area contributed by atoms with Crippen LogP contribution in [0.5, 0.6) is 0 Å². The van der Waals surface area contributed by atoms with Gasteiger partial charge in [-0.05, 0) is 92.6 Å². The molecule has 236 valence electrons. The van der Waals surface area contributed by atoms with E-state index in [1.807, 2.05) is 67.0 Å². The van der Waals surface area contributed by atoms with E-state index < -0.39 is 7.14 Å². The van der Waals surface area contributed by atoms with Gasteiger partial charge in [0.2, 0.25) is 0 Å². The van der Waals surface area contributed by atoms with Crippen LogP contribution in [0.1, 0.15) is 36.1 Å². The zero-order valence-electron chi connectivity index (χ0n) is 27.6. The molecule has 2 aliphatic heterocycles. The van der Waals surface area contributed by atoms with Crippen LogP contribution in [0.25, 0.3) is 33.4 Å². The lowest BCUT2D eigenvalue weighted by Gasteiger charge is -2.25. The molecule has 3 aliphatic rings. The van der Waals surface area contributed by atoms with Gasteiger partial charge in [0.05, 0.1) is 0 Å². The molecule has 4 heteroatoms. The number of pyridine rings is 1. The summed E-state index contributed by atoms with van der Waals surface area (Å²) in [5.41, 5.74) is 14.1. The molecule has 0 bridgehead atoms. The predicted octanol–water partition coefficient (Wildman–Crippen LogP) is 10.5. The van der Waals surface area contributed by atoms with Gasteiger partial charge in [0.1, 0.15) is 0 Å². The van der Waals surface area contributed by atoms with Gasteiger partial charge >= 0.3 is 0 Å². The van der Waals surface area contributed by atoms with E-state index in [4.69, 9.17) is 0 Å². The van der Waals surface area contributed by atoms with Gasteiger partial charge in [0.15, 0.2) is 7.14 Å². The summed E-state index contributed by atoms with van der Waals surface area (Å²) >= 11 is 0. The molecule has 0 saturated heterocycles. The largest absolute Gasteiger partial charge is 0.336 e. The first-order valence-electron chi connectivity index (χ1n) is 16.8. The normalized spacial score (nSPS) is 20.0. The molecule has 1 aliphatic carbocycles. The second kappa shape index (κ2) is 11.0. The second-order valence-electron chi connectivity index (χ2n) is 13.6. The number of benzene rings is 5. The maximum Gasteiger partial charge on any atom is 0.172 e. The molecular formula is C45H35N2OP. The first-order valence-corrected chi connectivity index (χ1v) is 18.5. The van der Waals surface area contributed by atoms with E-state index in [9.17, 15) is 0 Å². The van der Waals surface area contributed by atoms with E-state index in [1.165, 1.54) is 55.9 Å². The van der Waals surface area contributed by atoms with Crippen LogP contribution in [0.3, 0.4) is 0 Å². The number of para-hydroxylation sites is 1. The van der Waals surface area contributed by atoms with Gasteiger partial charge in [-0.2, -0.15) is 0 Å². The highest BCUT2D eigenvalue weighted by Gasteiger charge is 2.42. The van der Waals surface area contributed by atoms with Gasteiger partial charge < -0.3 is 9.46 Å². The van der Waals surface area contributed by atoms with Crippen molar-refractivity contribution in [2.75, 3.05) is 11.4 Å². The van der Waals surface area contributed by atoms with Crippen LogP contribution in [0.4, 0.5) is 11.4 Å². The molecule has 0 amide bonds. The average Bonchev–Trinajstić information content (AvgIpc) is 3.71. The Hall–Kier alpha value is -5.50. The Kier molecular flexibility index (Phi) is 6.66. The van der Waals surface area contributed by atoms with Gasteiger partial charge in [0, 0.05) is 57.2 Å². The monoisotopic (exact) mass is 650 g/mol. The van der Waals surface area contributed by atoms with Crippen molar-refractivity contribution in [1.29, 1.82) is 0 Å². The Morgan fingerprint density at radius 3 is 2.16 bits per heavy atom. The van der Waals surface area contributed by atoms with Crippen molar-refractivity contribution in [3.05, 3.63) is 186 Å². The maximum absolute atomic E-state index is 15.1. The van der Waals surface area contributed by atoms with Crippen LogP contribution >= 0.6 is 7.14 Å². The molecule has 0 radical (unpaired) electrons. The summed E-state index contributed by atoms with van der Waals surface area (Å²) in [7, 11) is -3.07. The highest BCUT2D eigenvalue weighted by molar-refractivity contribution is 7.83. The van der Waals surface area contributed by atoms with E-state index >= 15 is 4.57 Å². The third-order valence-electron chi connectivity index (χ3n) is 10.6. The summed E-state index contributed by atoms with van der Waals surface area (Å²) in [6, 6.07) is 44.5. The Labute approximate surface area is 288 Å². The molecule has 3 nitrogen and oxygen atoms in total. The first-order chi connectivity index (χ1) is 23.9. The molecule has 0 fully saturated rings. The molecule has 1 unspecified atom stereocenters. The minimum absolute atomic E-state index is 0.150. The molecule has 6 aromatic rings. The summed E-state index contributed by atoms with van der Waals surface area (Å²) in [6.07, 6.45) is 7.96. The Bertz CT molecular complexity index is 2440. The Morgan fingerprint density at radius 1 is 0.694 bits per heavy atom. The number of allylic oxidation sites excluding steroid dienone is 4. The topological polar surface area (TPSA) is 33.2 Å². The fraction of sp³-hybridized carbons (Fsp3) is 0.0889. The fourth-order valence-corrected chi connectivity index (χ4v) is 11.1. The first kappa shape index (κ1) is 29.6. The van der Waals surface area contributed by atoms with E-state index in [0.717, 1.165) is 33.6 Å². The van der Waals surface area contributed by atoms with Gasteiger partial charge in [-0.3, -0.25) is 4.98 Å². The summed E-state index contributed by atoms with van der Waals surface area (Å²) in [4.78, 5) is 6.62. The minimum Gasteiger partial charge on any atom is -0.336 e. The van der Waals surface area contributed by atoms with Gasteiger partial charge in [-0.1, -0.05) is 117 Å². The fourth-order valence-electron chi connectivity index (χ4n) is 8.07. The van der Waals surface area contributed by atoms with Crippen LogP contribution in [-0.2, 0) is 9.98 Å². The maximum atomic E-state index is 15.1. The predicted molar refractivity (Wildman–Crippen MR) is 206 cm³/mol. The van der Waals surface area contributed by atoms with Crippen molar-refractivity contribution in [2.45, 2.75) is 19.3 Å². The van der Waals surface area contributed by atoms with Crippen molar-refractivity contribution in [1.82, 2.24) is 4.98 Å². The third-order valence-corrected chi connectivity index (χ3v) is 13.8. The number of hydrogen-bond acceptors (Lipinski definition) is 3. The lowest BCUT2D eigenvalue weighted by Crippen LogP contribution is -2.17. The number of rotatable bonds is 4. The molecule has 9 rings (SSSR count). The van der Waals surface area contributed by atoms with Crippen molar-refractivity contribution >= 4 is 40.3 Å². The summed E-state index contributed by atoms with van der Waals surface area (Å²) < 4.78 is 15.1. The molecule has 0 spiro atoms. The van der Waals surface area contributed by atoms with Crippen LogP contribution < -0.4 is 15.5 Å². The SMILES string of the molecule is C=C1/C(=C\C=C2/CN(c3ccc4c(c3)C(C)(C)c3cc(-c5ccncc5)ccc3-4)c3ccccc32)P(=O)(c2ccccc2)c2ccccc21. The van der Waals surface area contributed by atoms with E-state index in [0.29, 0.717) is 0 Å². The summed E-state index contributed by atoms with van der Waals surface area (Å²) in [5, 5.41) is 2.53. The molecule has 3 heterocycles. The van der Waals surface area contributed by atoms with Crippen molar-refractivity contribution in [3.8, 4) is 22.3 Å². The Balaban J connectivity index is 1.10. The van der Waals surface area contributed by atoms with Crippen LogP contribution in [0.15, 0.2) is 164 Å². The molecule has 1 atom stereocenters. The standard InChI is InChI=1S/C45H35N2OP/c1-30-36-13-8-10-16-44(36)49(48,35-11-5-4-6-12-35)43(30)22-18-33-29-47(42-15-9-7-14-37(33)42)34-19-21-39-38-20-17-32(31-23-25-46-26-24-31)27-40(38)45(2,3)41(39)28-34/h4-28H,1,29H2,2-3H3/b33-18+,43-22+. The number of aromatic nitrogens is 1. The van der Waals surface area contributed by atoms with Crippen molar-refractivity contribution in [2.24, 2.45) is 0 Å². The zero-order chi connectivity index (χ0) is 33.3. The molecule has 1 aromatic heterocycles. The highest BCUT2D eigenvalue weighted by Crippen LogP contribution is 2.62. The number of anilines is 2. The zero-order valence-corrected chi connectivity index (χ0v) is 28.5. The lowest BCUT2D eigenvalue weighted by molar-refractivity contribution is 0.591. The minimum atomic E-state index is -3.07. The van der Waals surface area contributed by atoms with Gasteiger partial charge in [0.25, 0.3) is 0 Å². The Morgan fingerprint density at radius 2 is 1.37 bits per heavy atom.